The average molecular weight is 216 g/mol. The number of rotatable bonds is 9. The molecular formula is C11H20O4. The van der Waals surface area contributed by atoms with Crippen LogP contribution in [0.5, 0.6) is 0 Å². The van der Waals surface area contributed by atoms with E-state index in [-0.39, 0.29) is 18.4 Å². The maximum atomic E-state index is 11.1. The highest BCUT2D eigenvalue weighted by Gasteiger charge is 2.03. The Bertz CT molecular complexity index is 189. The van der Waals surface area contributed by atoms with Crippen molar-refractivity contribution in [2.75, 3.05) is 20.3 Å². The van der Waals surface area contributed by atoms with E-state index in [1.807, 2.05) is 0 Å². The Labute approximate surface area is 90.9 Å². The highest BCUT2D eigenvalue weighted by Crippen LogP contribution is 2.01. The second-order valence-corrected chi connectivity index (χ2v) is 3.48. The van der Waals surface area contributed by atoms with Gasteiger partial charge < -0.3 is 9.47 Å². The van der Waals surface area contributed by atoms with Gasteiger partial charge in [-0.1, -0.05) is 6.42 Å². The van der Waals surface area contributed by atoms with Gasteiger partial charge in [0.25, 0.3) is 0 Å². The normalized spacial score (nSPS) is 10.0. The summed E-state index contributed by atoms with van der Waals surface area (Å²) >= 11 is 0. The minimum absolute atomic E-state index is 0.0443. The molecule has 4 nitrogen and oxygen atoms in total. The van der Waals surface area contributed by atoms with E-state index in [1.165, 1.54) is 6.92 Å². The van der Waals surface area contributed by atoms with Crippen LogP contribution >= 0.6 is 0 Å². The molecule has 0 aliphatic heterocycles. The van der Waals surface area contributed by atoms with Crippen LogP contribution in [0.3, 0.4) is 0 Å². The van der Waals surface area contributed by atoms with E-state index in [2.05, 4.69) is 0 Å². The highest BCUT2D eigenvalue weighted by atomic mass is 16.5. The Morgan fingerprint density at radius 3 is 2.33 bits per heavy atom. The number of hydrogen-bond acceptors (Lipinski definition) is 4. The van der Waals surface area contributed by atoms with Crippen LogP contribution in [0.4, 0.5) is 0 Å². The Hall–Kier alpha value is -0.900. The van der Waals surface area contributed by atoms with Gasteiger partial charge in [-0.3, -0.25) is 9.59 Å². The third-order valence-electron chi connectivity index (χ3n) is 1.95. The van der Waals surface area contributed by atoms with Gasteiger partial charge in [0.1, 0.15) is 5.78 Å². The summed E-state index contributed by atoms with van der Waals surface area (Å²) in [5, 5.41) is 0. The molecule has 0 atom stereocenters. The minimum atomic E-state index is -0.214. The summed E-state index contributed by atoms with van der Waals surface area (Å²) in [6.07, 6.45) is 3.51. The number of ether oxygens (including phenoxy) is 2. The Kier molecular flexibility index (Phi) is 9.07. The zero-order valence-corrected chi connectivity index (χ0v) is 9.58. The average Bonchev–Trinajstić information content (AvgIpc) is 2.17. The van der Waals surface area contributed by atoms with Gasteiger partial charge in [0.15, 0.2) is 0 Å². The third kappa shape index (κ3) is 11.0. The van der Waals surface area contributed by atoms with E-state index in [0.717, 1.165) is 25.9 Å². The first-order valence-corrected chi connectivity index (χ1v) is 5.31. The van der Waals surface area contributed by atoms with E-state index in [4.69, 9.17) is 9.47 Å². The molecule has 0 N–H and O–H groups in total. The van der Waals surface area contributed by atoms with Crippen LogP contribution in [-0.2, 0) is 19.1 Å². The van der Waals surface area contributed by atoms with Crippen molar-refractivity contribution in [2.24, 2.45) is 0 Å². The van der Waals surface area contributed by atoms with Gasteiger partial charge in [-0.05, 0) is 19.8 Å². The summed E-state index contributed by atoms with van der Waals surface area (Å²) < 4.78 is 9.75. The molecule has 0 saturated carbocycles. The van der Waals surface area contributed by atoms with E-state index in [9.17, 15) is 9.59 Å². The summed E-state index contributed by atoms with van der Waals surface area (Å²) in [5.74, 6) is -0.170. The van der Waals surface area contributed by atoms with Crippen LogP contribution in [0.2, 0.25) is 0 Å². The maximum Gasteiger partial charge on any atom is 0.305 e. The lowest BCUT2D eigenvalue weighted by molar-refractivity contribution is -0.144. The van der Waals surface area contributed by atoms with Gasteiger partial charge in [-0.15, -0.1) is 0 Å². The first kappa shape index (κ1) is 14.1. The number of ketones is 1. The third-order valence-corrected chi connectivity index (χ3v) is 1.95. The molecule has 0 amide bonds. The number of esters is 1. The smallest absolute Gasteiger partial charge is 0.305 e. The topological polar surface area (TPSA) is 52.6 Å². The number of carbonyl (C=O) groups is 2. The molecule has 0 unspecified atom stereocenters. The largest absolute Gasteiger partial charge is 0.465 e. The number of unbranched alkanes of at least 4 members (excludes halogenated alkanes) is 2. The molecule has 0 rings (SSSR count). The van der Waals surface area contributed by atoms with E-state index in [0.29, 0.717) is 12.8 Å². The quantitative estimate of drug-likeness (QED) is 0.435. The van der Waals surface area contributed by atoms with Crippen molar-refractivity contribution in [3.05, 3.63) is 0 Å². The lowest BCUT2D eigenvalue weighted by Crippen LogP contribution is -2.08. The molecular weight excluding hydrogens is 196 g/mol. The van der Waals surface area contributed by atoms with Gasteiger partial charge in [0.05, 0.1) is 6.61 Å². The van der Waals surface area contributed by atoms with Gasteiger partial charge in [-0.25, -0.2) is 0 Å². The van der Waals surface area contributed by atoms with Crippen LogP contribution in [0.15, 0.2) is 0 Å². The Morgan fingerprint density at radius 2 is 1.73 bits per heavy atom. The van der Waals surface area contributed by atoms with Gasteiger partial charge in [0.2, 0.25) is 0 Å². The van der Waals surface area contributed by atoms with Crippen molar-refractivity contribution >= 4 is 11.8 Å². The molecule has 0 radical (unpaired) electrons. The van der Waals surface area contributed by atoms with Gasteiger partial charge in [-0.2, -0.15) is 0 Å². The molecule has 0 heterocycles. The fourth-order valence-corrected chi connectivity index (χ4v) is 1.07. The lowest BCUT2D eigenvalue weighted by Gasteiger charge is -2.03. The van der Waals surface area contributed by atoms with Crippen molar-refractivity contribution in [1.82, 2.24) is 0 Å². The molecule has 0 aromatic heterocycles. The van der Waals surface area contributed by atoms with E-state index >= 15 is 0 Å². The molecule has 0 saturated heterocycles. The predicted molar refractivity (Wildman–Crippen MR) is 56.6 cm³/mol. The number of carbonyl (C=O) groups excluding carboxylic acids is 2. The van der Waals surface area contributed by atoms with Crippen molar-refractivity contribution in [1.29, 1.82) is 0 Å². The zero-order valence-electron chi connectivity index (χ0n) is 9.58. The summed E-state index contributed by atoms with van der Waals surface area (Å²) in [6.45, 7) is 2.43. The standard InChI is InChI=1S/C11H20O4/c1-10(12)7-9-15-11(13)6-4-3-5-8-14-2/h3-9H2,1-2H3. The maximum absolute atomic E-state index is 11.1. The van der Waals surface area contributed by atoms with Crippen LogP contribution < -0.4 is 0 Å². The first-order chi connectivity index (χ1) is 7.16. The van der Waals surface area contributed by atoms with Crippen LogP contribution in [0.25, 0.3) is 0 Å². The second-order valence-electron chi connectivity index (χ2n) is 3.48. The molecule has 0 aliphatic carbocycles. The first-order valence-electron chi connectivity index (χ1n) is 5.31. The lowest BCUT2D eigenvalue weighted by atomic mass is 10.2. The molecule has 0 fully saturated rings. The van der Waals surface area contributed by atoms with Crippen molar-refractivity contribution in [2.45, 2.75) is 39.0 Å². The van der Waals surface area contributed by atoms with Crippen molar-refractivity contribution in [3.8, 4) is 0 Å². The molecule has 0 aromatic carbocycles. The molecule has 4 heteroatoms. The predicted octanol–water partition coefficient (Wildman–Crippen LogP) is 1.72. The summed E-state index contributed by atoms with van der Waals surface area (Å²) in [4.78, 5) is 21.6. The van der Waals surface area contributed by atoms with Crippen LogP contribution in [0, 0.1) is 0 Å². The number of hydrogen-bond donors (Lipinski definition) is 0. The monoisotopic (exact) mass is 216 g/mol. The molecule has 0 aromatic rings. The molecule has 0 aliphatic rings. The van der Waals surface area contributed by atoms with Crippen molar-refractivity contribution in [3.63, 3.8) is 0 Å². The van der Waals surface area contributed by atoms with Gasteiger partial charge >= 0.3 is 5.97 Å². The molecule has 88 valence electrons. The second kappa shape index (κ2) is 9.65. The van der Waals surface area contributed by atoms with Crippen LogP contribution in [-0.4, -0.2) is 32.1 Å². The fourth-order valence-electron chi connectivity index (χ4n) is 1.07. The Morgan fingerprint density at radius 1 is 1.00 bits per heavy atom. The number of Topliss-reactive ketones (excluding diaryl/α,β-unsaturated/α-hetero) is 1. The van der Waals surface area contributed by atoms with Crippen molar-refractivity contribution < 1.29 is 19.1 Å². The van der Waals surface area contributed by atoms with E-state index < -0.39 is 0 Å². The molecule has 0 spiro atoms. The summed E-state index contributed by atoms with van der Waals surface area (Å²) in [6, 6.07) is 0. The highest BCUT2D eigenvalue weighted by molar-refractivity contribution is 5.76. The summed E-state index contributed by atoms with van der Waals surface area (Å²) in [7, 11) is 1.66. The molecule has 15 heavy (non-hydrogen) atoms. The zero-order chi connectivity index (χ0) is 11.5. The molecule has 0 bridgehead atoms. The van der Waals surface area contributed by atoms with Gasteiger partial charge in [0, 0.05) is 26.6 Å². The SMILES string of the molecule is COCCCCCC(=O)OCCC(C)=O. The Balaban J connectivity index is 3.22. The fraction of sp³-hybridized carbons (Fsp3) is 0.818. The summed E-state index contributed by atoms with van der Waals surface area (Å²) in [5.41, 5.74) is 0. The van der Waals surface area contributed by atoms with Crippen LogP contribution in [0.1, 0.15) is 39.0 Å². The number of methoxy groups -OCH3 is 1. The minimum Gasteiger partial charge on any atom is -0.465 e. The van der Waals surface area contributed by atoms with E-state index in [1.54, 1.807) is 7.11 Å².